The molecule has 1 amide bonds. The van der Waals surface area contributed by atoms with E-state index in [0.717, 1.165) is 27.8 Å². The Labute approximate surface area is 193 Å². The molecule has 0 aliphatic carbocycles. The number of hydrogen-bond donors (Lipinski definition) is 1. The third-order valence-corrected chi connectivity index (χ3v) is 5.86. The highest BCUT2D eigenvalue weighted by Crippen LogP contribution is 2.41. The molecule has 1 aliphatic heterocycles. The smallest absolute Gasteiger partial charge is 0.375 e. The summed E-state index contributed by atoms with van der Waals surface area (Å²) in [6, 6.07) is 22.2. The minimum atomic E-state index is -1.86. The molecule has 0 saturated heterocycles. The van der Waals surface area contributed by atoms with Crippen molar-refractivity contribution in [2.45, 2.75) is 32.4 Å². The molecule has 1 heterocycles. The molecule has 3 aromatic carbocycles. The fourth-order valence-electron chi connectivity index (χ4n) is 4.51. The minimum Gasteiger partial charge on any atom is -0.464 e. The second-order valence-corrected chi connectivity index (χ2v) is 8.23. The van der Waals surface area contributed by atoms with E-state index in [1.165, 1.54) is 7.11 Å². The van der Waals surface area contributed by atoms with Crippen LogP contribution in [0.3, 0.4) is 0 Å². The van der Waals surface area contributed by atoms with Crippen LogP contribution in [0.15, 0.2) is 78.0 Å². The maximum atomic E-state index is 13.3. The Morgan fingerprint density at radius 2 is 1.52 bits per heavy atom. The zero-order valence-corrected chi connectivity index (χ0v) is 19.1. The average molecular weight is 443 g/mol. The Balaban J connectivity index is 1.88. The lowest BCUT2D eigenvalue weighted by molar-refractivity contribution is -0.171. The average Bonchev–Trinajstić information content (AvgIpc) is 3.18. The number of esters is 1. The first-order valence-corrected chi connectivity index (χ1v) is 10.7. The van der Waals surface area contributed by atoms with Crippen molar-refractivity contribution in [3.8, 4) is 0 Å². The first kappa shape index (κ1) is 22.3. The highest BCUT2D eigenvalue weighted by molar-refractivity contribution is 6.12. The van der Waals surface area contributed by atoms with E-state index in [1.54, 1.807) is 24.3 Å². The van der Waals surface area contributed by atoms with Crippen LogP contribution in [-0.2, 0) is 14.4 Å². The SMILES string of the molecule is COC(=O)[C@]1(NC(=O)c2ccccc2)ON=C(c2c(C)cc(C)cc2C)[C@@H]1c1ccccc1. The molecule has 168 valence electrons. The van der Waals surface area contributed by atoms with Crippen molar-refractivity contribution >= 4 is 17.6 Å². The fourth-order valence-corrected chi connectivity index (χ4v) is 4.51. The van der Waals surface area contributed by atoms with Crippen molar-refractivity contribution in [1.29, 1.82) is 0 Å². The van der Waals surface area contributed by atoms with Gasteiger partial charge < -0.3 is 14.9 Å². The molecule has 2 atom stereocenters. The van der Waals surface area contributed by atoms with Crippen LogP contribution in [0.25, 0.3) is 0 Å². The Bertz CT molecular complexity index is 1200. The molecule has 1 aliphatic rings. The van der Waals surface area contributed by atoms with Gasteiger partial charge in [0, 0.05) is 11.1 Å². The van der Waals surface area contributed by atoms with Gasteiger partial charge in [-0.05, 0) is 49.6 Å². The van der Waals surface area contributed by atoms with Gasteiger partial charge in [-0.25, -0.2) is 4.79 Å². The van der Waals surface area contributed by atoms with Crippen LogP contribution in [0.5, 0.6) is 0 Å². The topological polar surface area (TPSA) is 77.0 Å². The van der Waals surface area contributed by atoms with E-state index >= 15 is 0 Å². The Morgan fingerprint density at radius 1 is 0.939 bits per heavy atom. The summed E-state index contributed by atoms with van der Waals surface area (Å²) in [7, 11) is 1.27. The molecule has 0 fully saturated rings. The van der Waals surface area contributed by atoms with Crippen LogP contribution >= 0.6 is 0 Å². The van der Waals surface area contributed by atoms with Gasteiger partial charge in [0.05, 0.1) is 7.11 Å². The van der Waals surface area contributed by atoms with Gasteiger partial charge in [0.1, 0.15) is 11.6 Å². The number of nitrogens with zero attached hydrogens (tertiary/aromatic N) is 1. The summed E-state index contributed by atoms with van der Waals surface area (Å²) in [5.74, 6) is -1.92. The Kier molecular flexibility index (Phi) is 6.01. The molecule has 0 bridgehead atoms. The molecule has 3 aromatic rings. The fraction of sp³-hybridized carbons (Fsp3) is 0.222. The van der Waals surface area contributed by atoms with Gasteiger partial charge in [-0.2, -0.15) is 0 Å². The summed E-state index contributed by atoms with van der Waals surface area (Å²) in [5.41, 5.74) is 3.89. The zero-order valence-electron chi connectivity index (χ0n) is 19.1. The molecule has 0 aromatic heterocycles. The van der Waals surface area contributed by atoms with Crippen LogP contribution in [0.1, 0.15) is 44.1 Å². The number of amides is 1. The molecular formula is C27H26N2O4. The molecular weight excluding hydrogens is 416 g/mol. The number of rotatable bonds is 5. The van der Waals surface area contributed by atoms with Crippen molar-refractivity contribution in [1.82, 2.24) is 5.32 Å². The lowest BCUT2D eigenvalue weighted by Crippen LogP contribution is -2.59. The van der Waals surface area contributed by atoms with Crippen molar-refractivity contribution in [3.63, 3.8) is 0 Å². The molecule has 0 unspecified atom stereocenters. The molecule has 33 heavy (non-hydrogen) atoms. The largest absolute Gasteiger partial charge is 0.464 e. The number of oxime groups is 1. The number of methoxy groups -OCH3 is 1. The lowest BCUT2D eigenvalue weighted by atomic mass is 9.79. The number of benzene rings is 3. The molecule has 0 saturated carbocycles. The van der Waals surface area contributed by atoms with Gasteiger partial charge in [0.15, 0.2) is 0 Å². The van der Waals surface area contributed by atoms with E-state index < -0.39 is 23.5 Å². The van der Waals surface area contributed by atoms with E-state index in [1.807, 2.05) is 57.2 Å². The summed E-state index contributed by atoms with van der Waals surface area (Å²) >= 11 is 0. The Hall–Kier alpha value is -3.93. The maximum Gasteiger partial charge on any atom is 0.375 e. The van der Waals surface area contributed by atoms with Crippen LogP contribution < -0.4 is 5.32 Å². The van der Waals surface area contributed by atoms with E-state index in [0.29, 0.717) is 11.3 Å². The number of ether oxygens (including phenoxy) is 1. The molecule has 1 N–H and O–H groups in total. The highest BCUT2D eigenvalue weighted by Gasteiger charge is 2.58. The third kappa shape index (κ3) is 4.00. The van der Waals surface area contributed by atoms with Gasteiger partial charge in [-0.1, -0.05) is 71.4 Å². The summed E-state index contributed by atoms with van der Waals surface area (Å²) < 4.78 is 5.14. The van der Waals surface area contributed by atoms with E-state index in [-0.39, 0.29) is 0 Å². The third-order valence-electron chi connectivity index (χ3n) is 5.86. The molecule has 4 rings (SSSR count). The van der Waals surface area contributed by atoms with Crippen molar-refractivity contribution in [2.24, 2.45) is 5.16 Å². The van der Waals surface area contributed by atoms with Gasteiger partial charge in [0.25, 0.3) is 5.91 Å². The van der Waals surface area contributed by atoms with Crippen LogP contribution in [-0.4, -0.2) is 30.4 Å². The van der Waals surface area contributed by atoms with Crippen LogP contribution in [0, 0.1) is 20.8 Å². The summed E-state index contributed by atoms with van der Waals surface area (Å²) in [6.45, 7) is 6.03. The van der Waals surface area contributed by atoms with Crippen molar-refractivity contribution in [3.05, 3.63) is 106 Å². The summed E-state index contributed by atoms with van der Waals surface area (Å²) in [6.07, 6.45) is 0. The second kappa shape index (κ2) is 8.90. The number of carbonyl (C=O) groups is 2. The highest BCUT2D eigenvalue weighted by atomic mass is 16.7. The van der Waals surface area contributed by atoms with Gasteiger partial charge in [0.2, 0.25) is 0 Å². The first-order valence-electron chi connectivity index (χ1n) is 10.7. The minimum absolute atomic E-state index is 0.396. The van der Waals surface area contributed by atoms with Crippen LogP contribution in [0.4, 0.5) is 0 Å². The van der Waals surface area contributed by atoms with Gasteiger partial charge in [-0.15, -0.1) is 0 Å². The number of aryl methyl sites for hydroxylation is 3. The maximum absolute atomic E-state index is 13.3. The number of nitrogens with one attached hydrogen (secondary N) is 1. The predicted molar refractivity (Wildman–Crippen MR) is 126 cm³/mol. The summed E-state index contributed by atoms with van der Waals surface area (Å²) in [4.78, 5) is 32.3. The standard InChI is InChI=1S/C27H26N2O4/c1-17-15-18(2)22(19(3)16-17)24-23(20-11-7-5-8-12-20)27(33-29-24,26(31)32-4)28-25(30)21-13-9-6-10-14-21/h5-16,23H,1-4H3,(H,28,30)/t23-,27+/m0/s1. The molecule has 0 radical (unpaired) electrons. The zero-order chi connectivity index (χ0) is 23.6. The van der Waals surface area contributed by atoms with E-state index in [4.69, 9.17) is 9.57 Å². The number of hydrogen-bond acceptors (Lipinski definition) is 5. The van der Waals surface area contributed by atoms with Crippen molar-refractivity contribution in [2.75, 3.05) is 7.11 Å². The van der Waals surface area contributed by atoms with E-state index in [2.05, 4.69) is 22.6 Å². The van der Waals surface area contributed by atoms with Gasteiger partial charge >= 0.3 is 11.7 Å². The monoisotopic (exact) mass is 442 g/mol. The lowest BCUT2D eigenvalue weighted by Gasteiger charge is -2.32. The molecule has 6 nitrogen and oxygen atoms in total. The summed E-state index contributed by atoms with van der Waals surface area (Å²) in [5, 5.41) is 7.19. The quantitative estimate of drug-likeness (QED) is 0.593. The molecule has 0 spiro atoms. The first-order chi connectivity index (χ1) is 15.9. The molecule has 6 heteroatoms. The Morgan fingerprint density at radius 3 is 2.09 bits per heavy atom. The van der Waals surface area contributed by atoms with Crippen molar-refractivity contribution < 1.29 is 19.2 Å². The number of carbonyl (C=O) groups excluding carboxylic acids is 2. The van der Waals surface area contributed by atoms with E-state index in [9.17, 15) is 9.59 Å². The van der Waals surface area contributed by atoms with Crippen LogP contribution in [0.2, 0.25) is 0 Å². The van der Waals surface area contributed by atoms with Gasteiger partial charge in [-0.3, -0.25) is 4.79 Å². The second-order valence-electron chi connectivity index (χ2n) is 8.23. The normalized spacial score (nSPS) is 19.4. The predicted octanol–water partition coefficient (Wildman–Crippen LogP) is 4.43.